The first-order chi connectivity index (χ1) is 17.1. The van der Waals surface area contributed by atoms with Crippen molar-refractivity contribution in [3.05, 3.63) is 118 Å². The van der Waals surface area contributed by atoms with Gasteiger partial charge in [-0.25, -0.2) is 8.78 Å². The molecular weight excluding hydrogens is 436 g/mol. The van der Waals surface area contributed by atoms with Crippen LogP contribution in [0.2, 0.25) is 0 Å². The van der Waals surface area contributed by atoms with Gasteiger partial charge in [0.2, 0.25) is 0 Å². The van der Waals surface area contributed by atoms with Crippen molar-refractivity contribution in [2.24, 2.45) is 0 Å². The van der Waals surface area contributed by atoms with E-state index < -0.39 is 11.6 Å². The second-order valence-corrected chi connectivity index (χ2v) is 8.32. The summed E-state index contributed by atoms with van der Waals surface area (Å²) in [6, 6.07) is 23.0. The first-order valence-electron chi connectivity index (χ1n) is 11.6. The van der Waals surface area contributed by atoms with Crippen LogP contribution in [-0.2, 0) is 6.42 Å². The average Bonchev–Trinajstić information content (AvgIpc) is 2.88. The van der Waals surface area contributed by atoms with E-state index >= 15 is 4.39 Å². The number of aryl methyl sites for hydroxylation is 1. The van der Waals surface area contributed by atoms with Gasteiger partial charge in [-0.1, -0.05) is 67.7 Å². The molecule has 0 saturated heterocycles. The fourth-order valence-corrected chi connectivity index (χ4v) is 3.77. The zero-order valence-electron chi connectivity index (χ0n) is 19.5. The number of nitriles is 1. The molecule has 0 radical (unpaired) electrons. The number of rotatable bonds is 4. The molecule has 0 fully saturated rings. The molecule has 4 aromatic rings. The Bertz CT molecular complexity index is 1540. The number of halogens is 2. The maximum Gasteiger partial charge on any atom is 0.146 e. The molecule has 0 spiro atoms. The van der Waals surface area contributed by atoms with Crippen LogP contribution in [0.3, 0.4) is 0 Å². The Morgan fingerprint density at radius 2 is 1.34 bits per heavy atom. The van der Waals surface area contributed by atoms with Crippen molar-refractivity contribution in [2.45, 2.75) is 32.6 Å². The van der Waals surface area contributed by atoms with Crippen LogP contribution in [0, 0.1) is 46.6 Å². The van der Waals surface area contributed by atoms with Crippen LogP contribution in [0.5, 0.6) is 0 Å². The molecule has 35 heavy (non-hydrogen) atoms. The van der Waals surface area contributed by atoms with Crippen molar-refractivity contribution in [2.75, 3.05) is 0 Å². The molecule has 0 unspecified atom stereocenters. The highest BCUT2D eigenvalue weighted by Gasteiger charge is 2.07. The molecule has 0 atom stereocenters. The van der Waals surface area contributed by atoms with Crippen molar-refractivity contribution >= 4 is 10.8 Å². The minimum absolute atomic E-state index is 0.0502. The lowest BCUT2D eigenvalue weighted by Gasteiger charge is -2.03. The summed E-state index contributed by atoms with van der Waals surface area (Å²) in [5, 5.41) is 10.0. The number of unbranched alkanes of at least 4 members (excludes halogenated alkanes) is 2. The van der Waals surface area contributed by atoms with E-state index in [0.29, 0.717) is 10.9 Å². The van der Waals surface area contributed by atoms with E-state index in [1.54, 1.807) is 36.4 Å². The zero-order valence-corrected chi connectivity index (χ0v) is 19.5. The van der Waals surface area contributed by atoms with E-state index in [0.717, 1.165) is 22.9 Å². The van der Waals surface area contributed by atoms with Crippen LogP contribution in [0.1, 0.15) is 59.6 Å². The van der Waals surface area contributed by atoms with Crippen LogP contribution >= 0.6 is 0 Å². The van der Waals surface area contributed by atoms with Gasteiger partial charge in [-0.3, -0.25) is 0 Å². The Morgan fingerprint density at radius 3 is 2.09 bits per heavy atom. The Morgan fingerprint density at radius 1 is 0.686 bits per heavy atom. The van der Waals surface area contributed by atoms with E-state index in [4.69, 9.17) is 5.26 Å². The monoisotopic (exact) mass is 459 g/mol. The quantitative estimate of drug-likeness (QED) is 0.229. The summed E-state index contributed by atoms with van der Waals surface area (Å²) in [4.78, 5) is 0. The summed E-state index contributed by atoms with van der Waals surface area (Å²) in [6.07, 6.45) is 4.76. The molecule has 0 aliphatic heterocycles. The summed E-state index contributed by atoms with van der Waals surface area (Å²) in [7, 11) is 0. The molecule has 0 aromatic heterocycles. The first-order valence-corrected chi connectivity index (χ1v) is 11.6. The molecule has 4 rings (SSSR count). The van der Waals surface area contributed by atoms with Gasteiger partial charge in [-0.2, -0.15) is 5.26 Å². The van der Waals surface area contributed by atoms with Crippen molar-refractivity contribution in [1.29, 1.82) is 5.26 Å². The molecule has 0 saturated carbocycles. The summed E-state index contributed by atoms with van der Waals surface area (Å²) in [6.45, 7) is 2.20. The molecule has 1 nitrogen and oxygen atoms in total. The van der Waals surface area contributed by atoms with Crippen molar-refractivity contribution < 1.29 is 8.78 Å². The smallest absolute Gasteiger partial charge is 0.146 e. The SMILES string of the molecule is CCCCCc1ccc(C#Cc2ccc3c(F)c(C#Cc4ccc(C#N)c(F)c4)ccc3c2)cc1. The van der Waals surface area contributed by atoms with Crippen LogP contribution in [0.25, 0.3) is 10.8 Å². The maximum absolute atomic E-state index is 15.0. The third-order valence-electron chi connectivity index (χ3n) is 5.76. The third kappa shape index (κ3) is 5.95. The Balaban J connectivity index is 1.52. The summed E-state index contributed by atoms with van der Waals surface area (Å²) >= 11 is 0. The number of benzene rings is 4. The minimum Gasteiger partial charge on any atom is -0.206 e. The second kappa shape index (κ2) is 11.2. The van der Waals surface area contributed by atoms with E-state index in [1.165, 1.54) is 37.0 Å². The van der Waals surface area contributed by atoms with Crippen LogP contribution in [-0.4, -0.2) is 0 Å². The predicted molar refractivity (Wildman–Crippen MR) is 137 cm³/mol. The van der Waals surface area contributed by atoms with Gasteiger partial charge < -0.3 is 0 Å². The van der Waals surface area contributed by atoms with Gasteiger partial charge >= 0.3 is 0 Å². The highest BCUT2D eigenvalue weighted by atomic mass is 19.1. The maximum atomic E-state index is 15.0. The summed E-state index contributed by atoms with van der Waals surface area (Å²) in [5.41, 5.74) is 3.62. The Kier molecular flexibility index (Phi) is 7.57. The van der Waals surface area contributed by atoms with E-state index in [1.807, 2.05) is 18.2 Å². The van der Waals surface area contributed by atoms with E-state index in [2.05, 4.69) is 42.7 Å². The molecule has 0 amide bonds. The van der Waals surface area contributed by atoms with Gasteiger partial charge in [-0.15, -0.1) is 0 Å². The predicted octanol–water partition coefficient (Wildman–Crippen LogP) is 7.52. The van der Waals surface area contributed by atoms with Gasteiger partial charge in [0.05, 0.1) is 11.1 Å². The molecule has 0 aliphatic rings. The van der Waals surface area contributed by atoms with Crippen molar-refractivity contribution in [3.8, 4) is 29.8 Å². The number of nitrogens with zero attached hydrogens (tertiary/aromatic N) is 1. The molecule has 3 heteroatoms. The lowest BCUT2D eigenvalue weighted by Crippen LogP contribution is -1.89. The van der Waals surface area contributed by atoms with E-state index in [-0.39, 0.29) is 11.1 Å². The van der Waals surface area contributed by atoms with Gasteiger partial charge in [0.1, 0.15) is 17.7 Å². The first kappa shape index (κ1) is 23.8. The van der Waals surface area contributed by atoms with Gasteiger partial charge in [0.25, 0.3) is 0 Å². The zero-order chi connectivity index (χ0) is 24.6. The van der Waals surface area contributed by atoms with Crippen molar-refractivity contribution in [1.82, 2.24) is 0 Å². The minimum atomic E-state index is -0.644. The molecule has 0 aliphatic carbocycles. The lowest BCUT2D eigenvalue weighted by atomic mass is 10.0. The van der Waals surface area contributed by atoms with Crippen LogP contribution in [0.15, 0.2) is 72.8 Å². The third-order valence-corrected chi connectivity index (χ3v) is 5.76. The molecular formula is C32H23F2N. The van der Waals surface area contributed by atoms with Crippen LogP contribution in [0.4, 0.5) is 8.78 Å². The molecule has 170 valence electrons. The average molecular weight is 460 g/mol. The second-order valence-electron chi connectivity index (χ2n) is 8.32. The summed E-state index contributed by atoms with van der Waals surface area (Å²) in [5.74, 6) is 10.8. The topological polar surface area (TPSA) is 23.8 Å². The van der Waals surface area contributed by atoms with Gasteiger partial charge in [-0.05, 0) is 72.3 Å². The molecule has 4 aromatic carbocycles. The molecule has 0 bridgehead atoms. The number of hydrogen-bond donors (Lipinski definition) is 0. The fourth-order valence-electron chi connectivity index (χ4n) is 3.77. The normalized spacial score (nSPS) is 10.1. The fraction of sp³-hybridized carbons (Fsp3) is 0.156. The standard InChI is InChI=1S/C32H23F2N/c1-2-3-4-5-23-6-8-24(9-7-23)10-11-25-14-19-30-28(20-25)18-17-27(32(30)34)15-12-26-13-16-29(22-35)31(33)21-26/h6-9,13-14,16-21H,2-5H2,1H3. The Hall–Kier alpha value is -4.39. The molecule has 0 heterocycles. The number of fused-ring (bicyclic) bond motifs is 1. The van der Waals surface area contributed by atoms with E-state index in [9.17, 15) is 4.39 Å². The lowest BCUT2D eigenvalue weighted by molar-refractivity contribution is 0.623. The largest absolute Gasteiger partial charge is 0.206 e. The summed E-state index contributed by atoms with van der Waals surface area (Å²) < 4.78 is 28.8. The van der Waals surface area contributed by atoms with Gasteiger partial charge in [0.15, 0.2) is 0 Å². The van der Waals surface area contributed by atoms with Gasteiger partial charge in [0, 0.05) is 22.1 Å². The van der Waals surface area contributed by atoms with Crippen molar-refractivity contribution in [3.63, 3.8) is 0 Å². The van der Waals surface area contributed by atoms with Crippen LogP contribution < -0.4 is 0 Å². The number of hydrogen-bond acceptors (Lipinski definition) is 1. The highest BCUT2D eigenvalue weighted by molar-refractivity contribution is 5.86. The highest BCUT2D eigenvalue weighted by Crippen LogP contribution is 2.22. The Labute approximate surface area is 205 Å². The molecule has 0 N–H and O–H groups in total.